The van der Waals surface area contributed by atoms with Gasteiger partial charge in [0.2, 0.25) is 0 Å². The molecule has 0 aliphatic heterocycles. The lowest BCUT2D eigenvalue weighted by Gasteiger charge is -2.33. The molecule has 0 atom stereocenters. The Kier molecular flexibility index (Phi) is 6.59. The molecule has 0 saturated carbocycles. The lowest BCUT2D eigenvalue weighted by molar-refractivity contribution is -0.305. The number of rotatable bonds is 7. The van der Waals surface area contributed by atoms with Gasteiger partial charge in [-0.15, -0.1) is 15.0 Å². The van der Waals surface area contributed by atoms with Crippen molar-refractivity contribution in [2.24, 2.45) is 0 Å². The lowest BCUT2D eigenvalue weighted by Crippen LogP contribution is -2.26. The maximum atomic E-state index is 13.3. The monoisotopic (exact) mass is 530 g/mol. The van der Waals surface area contributed by atoms with Crippen LogP contribution in [0.5, 0.6) is 5.75 Å². The minimum Gasteiger partial charge on any atom is -0.550 e. The molecule has 1 aromatic heterocycles. The molecular weight excluding hydrogens is 507 g/mol. The molecule has 0 radical (unpaired) electrons. The number of carbonyl (C=O) groups is 1. The first-order chi connectivity index (χ1) is 18.6. The van der Waals surface area contributed by atoms with Crippen LogP contribution in [0.2, 0.25) is 0 Å². The number of alkyl halides is 3. The Bertz CT molecular complexity index is 1610. The van der Waals surface area contributed by atoms with E-state index in [2.05, 4.69) is 10.2 Å². The lowest BCUT2D eigenvalue weighted by atomic mass is 9.70. The van der Waals surface area contributed by atoms with E-state index < -0.39 is 23.1 Å². The number of carbonyl (C=O) groups excluding carboxylic acids is 1. The molecule has 0 fully saturated rings. The molecule has 39 heavy (non-hydrogen) atoms. The van der Waals surface area contributed by atoms with Crippen LogP contribution < -0.4 is 5.11 Å². The van der Waals surface area contributed by atoms with E-state index in [0.717, 1.165) is 28.1 Å². The topological polar surface area (TPSA) is 91.1 Å². The molecule has 5 rings (SSSR count). The highest BCUT2D eigenvalue weighted by Crippen LogP contribution is 2.45. The largest absolute Gasteiger partial charge is 0.550 e. The minimum atomic E-state index is -4.55. The molecular formula is C30H23F3N3O3-. The number of nitrogens with zero attached hydrogens (tertiary/aromatic N) is 3. The minimum absolute atomic E-state index is 0.000190. The standard InChI is InChI=1S/C30H24F3N3O3/c1-29(20-8-4-2-5-9-20,21-10-6-3-7-11-21)23-16-19(12-15-27(37)38)17-26(28(23)39)36-34-24-14-13-22(30(31,32)33)18-25(24)35-36/h2-11,13-14,16-18,39H,12,15H2,1H3,(H,37,38)/p-1. The second kappa shape index (κ2) is 9.90. The van der Waals surface area contributed by atoms with Gasteiger partial charge in [0, 0.05) is 16.9 Å². The summed E-state index contributed by atoms with van der Waals surface area (Å²) in [4.78, 5) is 12.4. The highest BCUT2D eigenvalue weighted by Gasteiger charge is 2.35. The van der Waals surface area contributed by atoms with E-state index in [1.807, 2.05) is 67.6 Å². The number of halogens is 3. The number of hydrogen-bond acceptors (Lipinski definition) is 5. The maximum absolute atomic E-state index is 13.3. The number of benzene rings is 4. The van der Waals surface area contributed by atoms with E-state index in [9.17, 15) is 28.2 Å². The summed E-state index contributed by atoms with van der Waals surface area (Å²) in [5.41, 5.74) is 1.32. The highest BCUT2D eigenvalue weighted by atomic mass is 19.4. The van der Waals surface area contributed by atoms with Crippen LogP contribution in [-0.4, -0.2) is 26.1 Å². The number of hydrogen-bond donors (Lipinski definition) is 1. The van der Waals surface area contributed by atoms with Gasteiger partial charge in [-0.05, 0) is 60.7 Å². The third-order valence-electron chi connectivity index (χ3n) is 6.93. The fourth-order valence-electron chi connectivity index (χ4n) is 4.82. The molecule has 0 unspecified atom stereocenters. The smallest absolute Gasteiger partial charge is 0.416 e. The van der Waals surface area contributed by atoms with Gasteiger partial charge in [0.15, 0.2) is 0 Å². The van der Waals surface area contributed by atoms with Crippen LogP contribution in [0.1, 0.15) is 41.2 Å². The van der Waals surface area contributed by atoms with Gasteiger partial charge in [0.1, 0.15) is 22.5 Å². The van der Waals surface area contributed by atoms with Crippen molar-refractivity contribution >= 4 is 17.0 Å². The van der Waals surface area contributed by atoms with Crippen LogP contribution in [0.15, 0.2) is 91.0 Å². The first-order valence-corrected chi connectivity index (χ1v) is 12.2. The Hall–Kier alpha value is -4.66. The number of aryl methyl sites for hydroxylation is 1. The summed E-state index contributed by atoms with van der Waals surface area (Å²) in [6, 6.07) is 25.3. The van der Waals surface area contributed by atoms with E-state index in [4.69, 9.17) is 0 Å². The number of phenols is 1. The highest BCUT2D eigenvalue weighted by molar-refractivity contribution is 5.75. The molecule has 5 aromatic rings. The molecule has 0 bridgehead atoms. The van der Waals surface area contributed by atoms with Crippen molar-refractivity contribution in [3.05, 3.63) is 119 Å². The van der Waals surface area contributed by atoms with Crippen molar-refractivity contribution in [3.63, 3.8) is 0 Å². The molecule has 9 heteroatoms. The number of carboxylic acids is 1. The van der Waals surface area contributed by atoms with Gasteiger partial charge in [0.25, 0.3) is 0 Å². The normalized spacial score (nSPS) is 12.1. The summed E-state index contributed by atoms with van der Waals surface area (Å²) in [7, 11) is 0. The summed E-state index contributed by atoms with van der Waals surface area (Å²) < 4.78 is 39.8. The number of aliphatic carboxylic acids is 1. The van der Waals surface area contributed by atoms with Gasteiger partial charge in [-0.2, -0.15) is 13.2 Å². The number of carboxylic acid groups (broad SMARTS) is 1. The van der Waals surface area contributed by atoms with E-state index in [1.54, 1.807) is 12.1 Å². The number of fused-ring (bicyclic) bond motifs is 1. The second-order valence-corrected chi connectivity index (χ2v) is 9.43. The number of phenolic OH excluding ortho intramolecular Hbond substituents is 1. The van der Waals surface area contributed by atoms with Gasteiger partial charge < -0.3 is 15.0 Å². The Morgan fingerprint density at radius 1 is 0.846 bits per heavy atom. The Labute approximate surface area is 222 Å². The zero-order valence-electron chi connectivity index (χ0n) is 20.8. The summed E-state index contributed by atoms with van der Waals surface area (Å²) >= 11 is 0. The van der Waals surface area contributed by atoms with Crippen molar-refractivity contribution in [1.29, 1.82) is 0 Å². The van der Waals surface area contributed by atoms with Gasteiger partial charge in [0.05, 0.1) is 5.56 Å². The van der Waals surface area contributed by atoms with Crippen molar-refractivity contribution < 1.29 is 28.2 Å². The predicted octanol–water partition coefficient (Wildman–Crippen LogP) is 5.18. The zero-order chi connectivity index (χ0) is 27.8. The Morgan fingerprint density at radius 3 is 2.00 bits per heavy atom. The SMILES string of the molecule is CC(c1ccccc1)(c1ccccc1)c1cc(CCC(=O)[O-])cc(-n2nc3ccc(C(F)(F)F)cc3n2)c1O. The fourth-order valence-corrected chi connectivity index (χ4v) is 4.82. The molecule has 1 heterocycles. The van der Waals surface area contributed by atoms with Crippen LogP contribution in [0.25, 0.3) is 16.7 Å². The average Bonchev–Trinajstić information content (AvgIpc) is 3.36. The van der Waals surface area contributed by atoms with Crippen LogP contribution in [0.3, 0.4) is 0 Å². The second-order valence-electron chi connectivity index (χ2n) is 9.43. The van der Waals surface area contributed by atoms with Gasteiger partial charge in [-0.1, -0.05) is 66.7 Å². The average molecular weight is 531 g/mol. The Morgan fingerprint density at radius 2 is 1.44 bits per heavy atom. The Balaban J connectivity index is 1.76. The molecule has 4 aromatic carbocycles. The summed E-state index contributed by atoms with van der Waals surface area (Å²) in [5.74, 6) is -1.42. The molecule has 0 saturated heterocycles. The molecule has 0 aliphatic carbocycles. The van der Waals surface area contributed by atoms with E-state index in [0.29, 0.717) is 11.1 Å². The molecule has 0 spiro atoms. The van der Waals surface area contributed by atoms with Gasteiger partial charge in [-0.25, -0.2) is 0 Å². The molecule has 0 aliphatic rings. The summed E-state index contributed by atoms with van der Waals surface area (Å²) in [5, 5.41) is 31.5. The van der Waals surface area contributed by atoms with Crippen molar-refractivity contribution in [2.45, 2.75) is 31.4 Å². The van der Waals surface area contributed by atoms with Crippen molar-refractivity contribution in [2.75, 3.05) is 0 Å². The van der Waals surface area contributed by atoms with E-state index in [1.165, 1.54) is 6.07 Å². The van der Waals surface area contributed by atoms with Crippen LogP contribution in [0.4, 0.5) is 13.2 Å². The number of aromatic hydroxyl groups is 1. The third-order valence-corrected chi connectivity index (χ3v) is 6.93. The van der Waals surface area contributed by atoms with Crippen molar-refractivity contribution in [1.82, 2.24) is 15.0 Å². The van der Waals surface area contributed by atoms with Crippen molar-refractivity contribution in [3.8, 4) is 11.4 Å². The molecule has 1 N–H and O–H groups in total. The fraction of sp³-hybridized carbons (Fsp3) is 0.167. The van der Waals surface area contributed by atoms with Gasteiger partial charge in [-0.3, -0.25) is 0 Å². The zero-order valence-corrected chi connectivity index (χ0v) is 20.8. The molecule has 198 valence electrons. The van der Waals surface area contributed by atoms with Gasteiger partial charge >= 0.3 is 6.18 Å². The van der Waals surface area contributed by atoms with Crippen LogP contribution in [-0.2, 0) is 22.8 Å². The first kappa shape index (κ1) is 26.0. The third kappa shape index (κ3) is 4.95. The van der Waals surface area contributed by atoms with E-state index in [-0.39, 0.29) is 35.3 Å². The molecule has 0 amide bonds. The maximum Gasteiger partial charge on any atom is 0.416 e. The first-order valence-electron chi connectivity index (χ1n) is 12.2. The number of aromatic nitrogens is 3. The van der Waals surface area contributed by atoms with Crippen LogP contribution >= 0.6 is 0 Å². The quantitative estimate of drug-likeness (QED) is 0.293. The van der Waals surface area contributed by atoms with E-state index >= 15 is 0 Å². The summed E-state index contributed by atoms with van der Waals surface area (Å²) in [6.07, 6.45) is -4.72. The predicted molar refractivity (Wildman–Crippen MR) is 137 cm³/mol. The molecule has 6 nitrogen and oxygen atoms in total. The summed E-state index contributed by atoms with van der Waals surface area (Å²) in [6.45, 7) is 1.95. The van der Waals surface area contributed by atoms with Crippen LogP contribution in [0, 0.1) is 0 Å².